The maximum atomic E-state index is 13.4. The number of benzene rings is 3. The number of aromatic nitrogens is 1. The third-order valence-corrected chi connectivity index (χ3v) is 6.29. The van der Waals surface area contributed by atoms with E-state index in [4.69, 9.17) is 18.9 Å². The quantitative estimate of drug-likeness (QED) is 0.396. The van der Waals surface area contributed by atoms with Gasteiger partial charge in [0, 0.05) is 17.1 Å². The number of carbonyl (C=O) groups excluding carboxylic acids is 1. The molecule has 0 saturated carbocycles. The van der Waals surface area contributed by atoms with E-state index in [-0.39, 0.29) is 19.3 Å². The molecule has 0 bridgehead atoms. The Morgan fingerprint density at radius 3 is 2.69 bits per heavy atom. The normalized spacial score (nSPS) is 14.7. The fourth-order valence-corrected chi connectivity index (χ4v) is 4.56. The Hall–Kier alpha value is -4.17. The molecule has 8 nitrogen and oxygen atoms in total. The molecule has 0 aliphatic carbocycles. The number of hydrogen-bond acceptors (Lipinski definition) is 6. The molecular weight excluding hydrogens is 448 g/mol. The van der Waals surface area contributed by atoms with Gasteiger partial charge in [0.15, 0.2) is 23.0 Å². The van der Waals surface area contributed by atoms with Crippen molar-refractivity contribution in [2.24, 2.45) is 0 Å². The van der Waals surface area contributed by atoms with Crippen LogP contribution in [-0.2, 0) is 6.42 Å². The van der Waals surface area contributed by atoms with Crippen molar-refractivity contribution >= 4 is 16.8 Å². The number of fused-ring (bicyclic) bond motifs is 3. The highest BCUT2D eigenvalue weighted by atomic mass is 16.7. The van der Waals surface area contributed by atoms with E-state index in [0.717, 1.165) is 27.6 Å². The molecule has 0 unspecified atom stereocenters. The Morgan fingerprint density at radius 1 is 0.943 bits per heavy atom. The van der Waals surface area contributed by atoms with Crippen LogP contribution in [0, 0.1) is 0 Å². The number of ether oxygens (including phenoxy) is 4. The number of para-hydroxylation sites is 1. The predicted octanol–water partition coefficient (Wildman–Crippen LogP) is 3.67. The van der Waals surface area contributed by atoms with Crippen LogP contribution in [0.3, 0.4) is 0 Å². The Balaban J connectivity index is 1.30. The molecule has 3 aromatic carbocycles. The zero-order valence-electron chi connectivity index (χ0n) is 18.9. The molecule has 1 amide bonds. The molecule has 0 spiro atoms. The van der Waals surface area contributed by atoms with Gasteiger partial charge in [0.1, 0.15) is 13.2 Å². The molecule has 0 fully saturated rings. The van der Waals surface area contributed by atoms with Gasteiger partial charge >= 0.3 is 0 Å². The smallest absolute Gasteiger partial charge is 0.255 e. The molecule has 4 aromatic rings. The summed E-state index contributed by atoms with van der Waals surface area (Å²) in [6.45, 7) is 0.743. The molecule has 35 heavy (non-hydrogen) atoms. The summed E-state index contributed by atoms with van der Waals surface area (Å²) in [5.41, 5.74) is 4.04. The average molecular weight is 472 g/mol. The van der Waals surface area contributed by atoms with Crippen molar-refractivity contribution in [3.05, 3.63) is 71.9 Å². The molecule has 1 aromatic heterocycles. The minimum Gasteiger partial charge on any atom is -0.486 e. The van der Waals surface area contributed by atoms with Gasteiger partial charge in [-0.15, -0.1) is 0 Å². The topological polar surface area (TPSA) is 102 Å². The number of aliphatic hydroxyl groups excluding tert-OH is 1. The van der Waals surface area contributed by atoms with Crippen LogP contribution in [-0.4, -0.2) is 48.7 Å². The number of aliphatic hydroxyl groups is 1. The first kappa shape index (κ1) is 21.4. The summed E-state index contributed by atoms with van der Waals surface area (Å²) in [7, 11) is 0. The number of carbonyl (C=O) groups is 1. The van der Waals surface area contributed by atoms with Crippen LogP contribution < -0.4 is 24.3 Å². The summed E-state index contributed by atoms with van der Waals surface area (Å²) in [5, 5.41) is 14.1. The zero-order valence-corrected chi connectivity index (χ0v) is 18.9. The first-order valence-electron chi connectivity index (χ1n) is 11.5. The highest BCUT2D eigenvalue weighted by Crippen LogP contribution is 2.41. The number of amides is 1. The Kier molecular flexibility index (Phi) is 5.42. The first-order valence-corrected chi connectivity index (χ1v) is 11.5. The maximum absolute atomic E-state index is 13.4. The summed E-state index contributed by atoms with van der Waals surface area (Å²) in [4.78, 5) is 16.7. The molecule has 1 atom stereocenters. The van der Waals surface area contributed by atoms with Crippen LogP contribution in [0.1, 0.15) is 15.9 Å². The van der Waals surface area contributed by atoms with Gasteiger partial charge in [0.05, 0.1) is 18.2 Å². The summed E-state index contributed by atoms with van der Waals surface area (Å²) in [5.74, 6) is 1.92. The lowest BCUT2D eigenvalue weighted by atomic mass is 9.99. The molecule has 6 rings (SSSR count). The van der Waals surface area contributed by atoms with Gasteiger partial charge in [-0.2, -0.15) is 0 Å². The van der Waals surface area contributed by atoms with E-state index in [0.29, 0.717) is 48.2 Å². The number of H-pyrrole nitrogens is 1. The maximum Gasteiger partial charge on any atom is 0.255 e. The largest absolute Gasteiger partial charge is 0.486 e. The van der Waals surface area contributed by atoms with E-state index < -0.39 is 6.04 Å². The second-order valence-electron chi connectivity index (χ2n) is 8.53. The van der Waals surface area contributed by atoms with Crippen molar-refractivity contribution in [2.75, 3.05) is 26.6 Å². The molecule has 0 radical (unpaired) electrons. The van der Waals surface area contributed by atoms with Crippen LogP contribution in [0.15, 0.2) is 60.8 Å². The van der Waals surface area contributed by atoms with E-state index in [1.807, 2.05) is 54.7 Å². The van der Waals surface area contributed by atoms with Crippen LogP contribution in [0.5, 0.6) is 23.0 Å². The second kappa shape index (κ2) is 8.88. The average Bonchev–Trinajstić information content (AvgIpc) is 3.54. The molecule has 2 aliphatic rings. The molecule has 3 heterocycles. The van der Waals surface area contributed by atoms with Crippen LogP contribution in [0.2, 0.25) is 0 Å². The van der Waals surface area contributed by atoms with Gasteiger partial charge in [0.25, 0.3) is 5.91 Å². The third kappa shape index (κ3) is 4.02. The molecule has 178 valence electrons. The highest BCUT2D eigenvalue weighted by molar-refractivity contribution is 5.99. The lowest BCUT2D eigenvalue weighted by Crippen LogP contribution is -2.39. The van der Waals surface area contributed by atoms with Gasteiger partial charge in [0.2, 0.25) is 6.79 Å². The Labute approximate surface area is 201 Å². The third-order valence-electron chi connectivity index (χ3n) is 6.29. The standard InChI is InChI=1S/C27H24N2O6/c30-14-19(9-18-13-28-22-4-2-1-3-20(18)22)29-27(31)21-10-17(12-25-26(21)33-8-7-32-25)16-5-6-23-24(11-16)35-15-34-23/h1-6,10-13,19,28,30H,7-9,14-15H2,(H,29,31)/t19-/m1/s1. The van der Waals surface area contributed by atoms with Gasteiger partial charge in [-0.05, 0) is 53.4 Å². The van der Waals surface area contributed by atoms with Crippen molar-refractivity contribution in [3.63, 3.8) is 0 Å². The van der Waals surface area contributed by atoms with Crippen molar-refractivity contribution in [1.29, 1.82) is 0 Å². The van der Waals surface area contributed by atoms with E-state index >= 15 is 0 Å². The Bertz CT molecular complexity index is 1410. The van der Waals surface area contributed by atoms with Crippen molar-refractivity contribution < 1.29 is 28.8 Å². The minimum absolute atomic E-state index is 0.187. The predicted molar refractivity (Wildman–Crippen MR) is 129 cm³/mol. The number of rotatable bonds is 6. The van der Waals surface area contributed by atoms with Crippen molar-refractivity contribution in [2.45, 2.75) is 12.5 Å². The van der Waals surface area contributed by atoms with E-state index in [9.17, 15) is 9.90 Å². The van der Waals surface area contributed by atoms with E-state index in [1.54, 1.807) is 6.07 Å². The lowest BCUT2D eigenvalue weighted by molar-refractivity contribution is 0.0906. The molecule has 0 saturated heterocycles. The van der Waals surface area contributed by atoms with Crippen molar-refractivity contribution in [1.82, 2.24) is 10.3 Å². The summed E-state index contributed by atoms with van der Waals surface area (Å²) >= 11 is 0. The molecular formula is C27H24N2O6. The molecule has 2 aliphatic heterocycles. The fourth-order valence-electron chi connectivity index (χ4n) is 4.56. The van der Waals surface area contributed by atoms with Crippen LogP contribution >= 0.6 is 0 Å². The van der Waals surface area contributed by atoms with Gasteiger partial charge in [-0.1, -0.05) is 24.3 Å². The van der Waals surface area contributed by atoms with Crippen molar-refractivity contribution in [3.8, 4) is 34.1 Å². The lowest BCUT2D eigenvalue weighted by Gasteiger charge is -2.23. The Morgan fingerprint density at radius 2 is 1.77 bits per heavy atom. The number of nitrogens with one attached hydrogen (secondary N) is 2. The van der Waals surface area contributed by atoms with Gasteiger partial charge in [-0.25, -0.2) is 0 Å². The fraction of sp³-hybridized carbons (Fsp3) is 0.222. The number of hydrogen-bond donors (Lipinski definition) is 3. The minimum atomic E-state index is -0.476. The number of aromatic amines is 1. The highest BCUT2D eigenvalue weighted by Gasteiger charge is 2.25. The van der Waals surface area contributed by atoms with E-state index in [1.165, 1.54) is 0 Å². The molecule has 3 N–H and O–H groups in total. The SMILES string of the molecule is O=C(N[C@@H](CO)Cc1c[nH]c2ccccc12)c1cc(-c2ccc3c(c2)OCO3)cc2c1OCCO2. The van der Waals surface area contributed by atoms with Crippen LogP contribution in [0.25, 0.3) is 22.0 Å². The zero-order chi connectivity index (χ0) is 23.8. The van der Waals surface area contributed by atoms with Crippen LogP contribution in [0.4, 0.5) is 0 Å². The monoisotopic (exact) mass is 472 g/mol. The van der Waals surface area contributed by atoms with Gasteiger partial charge in [-0.3, -0.25) is 4.79 Å². The molecule has 8 heteroatoms. The van der Waals surface area contributed by atoms with Gasteiger partial charge < -0.3 is 34.4 Å². The van der Waals surface area contributed by atoms with E-state index in [2.05, 4.69) is 10.3 Å². The second-order valence-corrected chi connectivity index (χ2v) is 8.53. The first-order chi connectivity index (χ1) is 17.2. The summed E-state index contributed by atoms with van der Waals surface area (Å²) < 4.78 is 22.6. The summed E-state index contributed by atoms with van der Waals surface area (Å²) in [6, 6.07) is 16.7. The summed E-state index contributed by atoms with van der Waals surface area (Å²) in [6.07, 6.45) is 2.40.